The summed E-state index contributed by atoms with van der Waals surface area (Å²) in [4.78, 5) is 12.9. The van der Waals surface area contributed by atoms with E-state index in [1.807, 2.05) is 24.3 Å². The molecule has 0 bridgehead atoms. The molecule has 92 valence electrons. The van der Waals surface area contributed by atoms with Crippen LogP contribution in [-0.4, -0.2) is 11.9 Å². The number of hydrogen-bond donors (Lipinski definition) is 2. The van der Waals surface area contributed by atoms with Gasteiger partial charge in [-0.3, -0.25) is 4.79 Å². The fourth-order valence-corrected chi connectivity index (χ4v) is 2.60. The summed E-state index contributed by atoms with van der Waals surface area (Å²) in [6.07, 6.45) is 3.48. The number of thiol groups is 1. The third-order valence-electron chi connectivity index (χ3n) is 3.69. The summed E-state index contributed by atoms with van der Waals surface area (Å²) in [5, 5.41) is 3.14. The minimum atomic E-state index is 0.0262. The first-order valence-corrected chi connectivity index (χ1v) is 6.54. The summed E-state index contributed by atoms with van der Waals surface area (Å²) in [6, 6.07) is 7.63. The number of benzene rings is 1. The highest BCUT2D eigenvalue weighted by molar-refractivity contribution is 7.80. The molecular weight excluding hydrogens is 230 g/mol. The van der Waals surface area contributed by atoms with Crippen molar-refractivity contribution in [1.29, 1.82) is 0 Å². The highest BCUT2D eigenvalue weighted by atomic mass is 32.1. The van der Waals surface area contributed by atoms with Crippen LogP contribution >= 0.6 is 12.6 Å². The zero-order valence-corrected chi connectivity index (χ0v) is 11.3. The van der Waals surface area contributed by atoms with E-state index >= 15 is 0 Å². The molecule has 1 aromatic carbocycles. The molecule has 0 radical (unpaired) electrons. The van der Waals surface area contributed by atoms with Gasteiger partial charge in [0.05, 0.1) is 0 Å². The number of rotatable bonds is 2. The third kappa shape index (κ3) is 2.83. The second-order valence-corrected chi connectivity index (χ2v) is 5.97. The Balaban J connectivity index is 2.04. The van der Waals surface area contributed by atoms with Crippen molar-refractivity contribution >= 4 is 18.5 Å². The molecule has 1 fully saturated rings. The summed E-state index contributed by atoms with van der Waals surface area (Å²) in [7, 11) is 0. The molecular formula is C14H19NOS. The third-order valence-corrected chi connectivity index (χ3v) is 3.99. The lowest BCUT2D eigenvalue weighted by atomic mass is 9.87. The summed E-state index contributed by atoms with van der Waals surface area (Å²) in [5.74, 6) is 0.0262. The van der Waals surface area contributed by atoms with E-state index in [4.69, 9.17) is 0 Å². The van der Waals surface area contributed by atoms with Crippen molar-refractivity contribution in [2.75, 3.05) is 0 Å². The second-order valence-electron chi connectivity index (χ2n) is 5.45. The predicted octanol–water partition coefficient (Wildman–Crippen LogP) is 3.28. The Kier molecular flexibility index (Phi) is 3.48. The highest BCUT2D eigenvalue weighted by Gasteiger charge is 2.35. The van der Waals surface area contributed by atoms with E-state index in [0.29, 0.717) is 11.6 Å². The largest absolute Gasteiger partial charge is 0.349 e. The molecule has 0 spiro atoms. The van der Waals surface area contributed by atoms with Crippen LogP contribution in [0.25, 0.3) is 0 Å². The second kappa shape index (κ2) is 4.73. The normalized spacial score (nSPS) is 22.4. The molecule has 1 aliphatic rings. The molecule has 3 heteroatoms. The van der Waals surface area contributed by atoms with Crippen molar-refractivity contribution in [3.05, 3.63) is 29.8 Å². The van der Waals surface area contributed by atoms with Gasteiger partial charge in [0.25, 0.3) is 5.91 Å². The summed E-state index contributed by atoms with van der Waals surface area (Å²) in [5.41, 5.74) is 0.935. The fraction of sp³-hybridized carbons (Fsp3) is 0.500. The van der Waals surface area contributed by atoms with Crippen LogP contribution in [0.15, 0.2) is 29.2 Å². The maximum absolute atomic E-state index is 12.1. The Hall–Kier alpha value is -0.960. The lowest BCUT2D eigenvalue weighted by molar-refractivity contribution is 0.0910. The number of carbonyl (C=O) groups excluding carboxylic acids is 1. The van der Waals surface area contributed by atoms with E-state index in [9.17, 15) is 4.79 Å². The van der Waals surface area contributed by atoms with Crippen LogP contribution in [0.2, 0.25) is 0 Å². The zero-order valence-electron chi connectivity index (χ0n) is 10.4. The Morgan fingerprint density at radius 3 is 2.53 bits per heavy atom. The van der Waals surface area contributed by atoms with Gasteiger partial charge in [0.2, 0.25) is 0 Å². The molecule has 1 saturated carbocycles. The first-order valence-electron chi connectivity index (χ1n) is 6.09. The van der Waals surface area contributed by atoms with Gasteiger partial charge in [-0.25, -0.2) is 0 Å². The molecule has 1 amide bonds. The maximum Gasteiger partial charge on any atom is 0.251 e. The zero-order chi connectivity index (χ0) is 12.5. The highest BCUT2D eigenvalue weighted by Crippen LogP contribution is 2.37. The van der Waals surface area contributed by atoms with Gasteiger partial charge in [-0.05, 0) is 42.5 Å². The van der Waals surface area contributed by atoms with Gasteiger partial charge in [-0.1, -0.05) is 20.3 Å². The van der Waals surface area contributed by atoms with E-state index in [2.05, 4.69) is 31.8 Å². The SMILES string of the molecule is CC1(C)CCCC1NC(=O)c1ccc(S)cc1. The molecule has 2 rings (SSSR count). The molecule has 1 atom stereocenters. The predicted molar refractivity (Wildman–Crippen MR) is 72.6 cm³/mol. The minimum absolute atomic E-state index is 0.0262. The van der Waals surface area contributed by atoms with Crippen molar-refractivity contribution in [2.24, 2.45) is 5.41 Å². The van der Waals surface area contributed by atoms with E-state index in [0.717, 1.165) is 11.3 Å². The average molecular weight is 249 g/mol. The van der Waals surface area contributed by atoms with Gasteiger partial charge in [0, 0.05) is 16.5 Å². The van der Waals surface area contributed by atoms with Crippen molar-refractivity contribution in [3.8, 4) is 0 Å². The van der Waals surface area contributed by atoms with Gasteiger partial charge in [-0.2, -0.15) is 0 Å². The number of nitrogens with one attached hydrogen (secondary N) is 1. The van der Waals surface area contributed by atoms with E-state index in [1.165, 1.54) is 12.8 Å². The summed E-state index contributed by atoms with van der Waals surface area (Å²) < 4.78 is 0. The van der Waals surface area contributed by atoms with Crippen molar-refractivity contribution < 1.29 is 4.79 Å². The standard InChI is InChI=1S/C14H19NOS/c1-14(2)9-3-4-12(14)15-13(16)10-5-7-11(17)8-6-10/h5-8,12,17H,3-4,9H2,1-2H3,(H,15,16). The van der Waals surface area contributed by atoms with Crippen LogP contribution in [0, 0.1) is 5.41 Å². The maximum atomic E-state index is 12.1. The van der Waals surface area contributed by atoms with Gasteiger partial charge in [-0.15, -0.1) is 12.6 Å². The molecule has 2 nitrogen and oxygen atoms in total. The van der Waals surface area contributed by atoms with Crippen molar-refractivity contribution in [3.63, 3.8) is 0 Å². The topological polar surface area (TPSA) is 29.1 Å². The first kappa shape index (κ1) is 12.5. The van der Waals surface area contributed by atoms with Gasteiger partial charge < -0.3 is 5.32 Å². The van der Waals surface area contributed by atoms with Crippen molar-refractivity contribution in [2.45, 2.75) is 44.0 Å². The first-order chi connectivity index (χ1) is 7.99. The van der Waals surface area contributed by atoms with Crippen LogP contribution in [-0.2, 0) is 0 Å². The fourth-order valence-electron chi connectivity index (χ4n) is 2.45. The van der Waals surface area contributed by atoms with Gasteiger partial charge >= 0.3 is 0 Å². The van der Waals surface area contributed by atoms with E-state index in [-0.39, 0.29) is 11.3 Å². The monoisotopic (exact) mass is 249 g/mol. The van der Waals surface area contributed by atoms with Gasteiger partial charge in [0.15, 0.2) is 0 Å². The Labute approximate surface area is 108 Å². The Bertz CT molecular complexity index is 411. The molecule has 1 aliphatic carbocycles. The van der Waals surface area contributed by atoms with Gasteiger partial charge in [0.1, 0.15) is 0 Å². The molecule has 0 heterocycles. The smallest absolute Gasteiger partial charge is 0.251 e. The van der Waals surface area contributed by atoms with Crippen LogP contribution in [0.3, 0.4) is 0 Å². The van der Waals surface area contributed by atoms with Crippen molar-refractivity contribution in [1.82, 2.24) is 5.32 Å². The summed E-state index contributed by atoms with van der Waals surface area (Å²) in [6.45, 7) is 4.45. The minimum Gasteiger partial charge on any atom is -0.349 e. The lowest BCUT2D eigenvalue weighted by Crippen LogP contribution is -2.41. The molecule has 0 saturated heterocycles. The number of amides is 1. The van der Waals surface area contributed by atoms with E-state index < -0.39 is 0 Å². The average Bonchev–Trinajstić information content (AvgIpc) is 2.59. The molecule has 0 aliphatic heterocycles. The molecule has 1 N–H and O–H groups in total. The Morgan fingerprint density at radius 2 is 2.00 bits per heavy atom. The van der Waals surface area contributed by atoms with Crippen LogP contribution < -0.4 is 5.32 Å². The van der Waals surface area contributed by atoms with Crippen LogP contribution in [0.5, 0.6) is 0 Å². The quantitative estimate of drug-likeness (QED) is 0.774. The van der Waals surface area contributed by atoms with Crippen LogP contribution in [0.4, 0.5) is 0 Å². The van der Waals surface area contributed by atoms with E-state index in [1.54, 1.807) is 0 Å². The molecule has 1 unspecified atom stereocenters. The van der Waals surface area contributed by atoms with Crippen LogP contribution in [0.1, 0.15) is 43.5 Å². The Morgan fingerprint density at radius 1 is 1.35 bits per heavy atom. The molecule has 17 heavy (non-hydrogen) atoms. The summed E-state index contributed by atoms with van der Waals surface area (Å²) >= 11 is 4.21. The number of carbonyl (C=O) groups is 1. The number of hydrogen-bond acceptors (Lipinski definition) is 2. The molecule has 1 aromatic rings. The lowest BCUT2D eigenvalue weighted by Gasteiger charge is -2.27. The molecule has 0 aromatic heterocycles.